The zero-order valence-electron chi connectivity index (χ0n) is 24.0. The molecule has 38 heavy (non-hydrogen) atoms. The molecule has 5 heteroatoms. The molecule has 1 N–H and O–H groups in total. The number of carbonyl (C=O) groups is 1. The largest absolute Gasteiger partial charge is 0.478 e. The Balaban J connectivity index is 0.000000284. The first-order chi connectivity index (χ1) is 18.1. The van der Waals surface area contributed by atoms with Gasteiger partial charge in [0.05, 0.1) is 11.0 Å². The fourth-order valence-electron chi connectivity index (χ4n) is 4.32. The highest BCUT2D eigenvalue weighted by Crippen LogP contribution is 2.31. The monoisotopic (exact) mass is 515 g/mol. The van der Waals surface area contributed by atoms with Gasteiger partial charge in [0, 0.05) is 23.5 Å². The van der Waals surface area contributed by atoms with Gasteiger partial charge in [0.15, 0.2) is 5.43 Å². The van der Waals surface area contributed by atoms with Crippen LogP contribution < -0.4 is 5.43 Å². The summed E-state index contributed by atoms with van der Waals surface area (Å²) >= 11 is 0. The summed E-state index contributed by atoms with van der Waals surface area (Å²) in [5, 5.41) is 9.90. The van der Waals surface area contributed by atoms with Crippen molar-refractivity contribution >= 4 is 23.2 Å². The molecule has 2 aromatic carbocycles. The lowest BCUT2D eigenvalue weighted by Crippen LogP contribution is -2.09. The van der Waals surface area contributed by atoms with Crippen LogP contribution >= 0.6 is 0 Å². The van der Waals surface area contributed by atoms with E-state index in [0.717, 1.165) is 52.7 Å². The third kappa shape index (κ3) is 7.41. The number of aliphatic imine (C=N–C) groups is 1. The van der Waals surface area contributed by atoms with Crippen LogP contribution in [0.1, 0.15) is 83.4 Å². The average Bonchev–Trinajstić information content (AvgIpc) is 2.89. The van der Waals surface area contributed by atoms with Crippen LogP contribution in [-0.2, 0) is 4.79 Å². The number of allylic oxidation sites excluding steroid dienone is 1. The van der Waals surface area contributed by atoms with Gasteiger partial charge in [0.25, 0.3) is 0 Å². The van der Waals surface area contributed by atoms with E-state index in [-0.39, 0.29) is 5.43 Å². The number of benzene rings is 2. The molecule has 0 saturated carbocycles. The van der Waals surface area contributed by atoms with E-state index in [9.17, 15) is 14.7 Å². The van der Waals surface area contributed by atoms with Crippen LogP contribution in [0.2, 0.25) is 0 Å². The lowest BCUT2D eigenvalue weighted by molar-refractivity contribution is -0.132. The molecule has 0 spiro atoms. The van der Waals surface area contributed by atoms with Crippen LogP contribution in [0.5, 0.6) is 0 Å². The van der Waals surface area contributed by atoms with E-state index in [1.54, 1.807) is 12.4 Å². The number of nitrogens with zero attached hydrogens (tertiary/aromatic N) is 1. The number of fused-ring (bicyclic) bond motifs is 1. The maximum absolute atomic E-state index is 12.8. The van der Waals surface area contributed by atoms with Gasteiger partial charge in [-0.25, -0.2) is 4.79 Å². The van der Waals surface area contributed by atoms with Gasteiger partial charge in [-0.2, -0.15) is 0 Å². The predicted octanol–water partition coefficient (Wildman–Crippen LogP) is 8.77. The number of hydrogen-bond acceptors (Lipinski definition) is 4. The van der Waals surface area contributed by atoms with Gasteiger partial charge in [-0.05, 0) is 69.2 Å². The lowest BCUT2D eigenvalue weighted by atomic mass is 9.96. The molecule has 0 aliphatic carbocycles. The number of carboxylic acid groups (broad SMARTS) is 1. The summed E-state index contributed by atoms with van der Waals surface area (Å²) < 4.78 is 6.21. The summed E-state index contributed by atoms with van der Waals surface area (Å²) in [6.45, 7) is 15.8. The minimum atomic E-state index is -0.856. The summed E-state index contributed by atoms with van der Waals surface area (Å²) in [5.41, 5.74) is 6.70. The molecule has 3 rings (SSSR count). The highest BCUT2D eigenvalue weighted by molar-refractivity contribution is 5.92. The summed E-state index contributed by atoms with van der Waals surface area (Å²) in [6, 6.07) is 13.9. The van der Waals surface area contributed by atoms with Crippen molar-refractivity contribution in [1.29, 1.82) is 0 Å². The minimum Gasteiger partial charge on any atom is -0.478 e. The Morgan fingerprint density at radius 3 is 2.29 bits per heavy atom. The smallest absolute Gasteiger partial charge is 0.335 e. The number of rotatable bonds is 8. The van der Waals surface area contributed by atoms with Gasteiger partial charge in [-0.1, -0.05) is 76.1 Å². The van der Waals surface area contributed by atoms with E-state index in [0.29, 0.717) is 28.2 Å². The molecule has 1 heterocycles. The molecule has 202 valence electrons. The van der Waals surface area contributed by atoms with Crippen LogP contribution in [-0.4, -0.2) is 17.3 Å². The third-order valence-corrected chi connectivity index (χ3v) is 6.44. The highest BCUT2D eigenvalue weighted by Gasteiger charge is 2.17. The van der Waals surface area contributed by atoms with Crippen molar-refractivity contribution in [3.05, 3.63) is 92.3 Å². The summed E-state index contributed by atoms with van der Waals surface area (Å²) in [5.74, 6) is 0.117. The molecule has 0 bridgehead atoms. The summed E-state index contributed by atoms with van der Waals surface area (Å²) in [7, 11) is 0. The Kier molecular flexibility index (Phi) is 11.5. The number of aliphatic carboxylic acids is 1. The zero-order chi connectivity index (χ0) is 28.4. The Bertz CT molecular complexity index is 1410. The van der Waals surface area contributed by atoms with E-state index in [4.69, 9.17) is 4.42 Å². The first kappa shape index (κ1) is 30.5. The van der Waals surface area contributed by atoms with Crippen molar-refractivity contribution in [2.45, 2.75) is 80.6 Å². The molecule has 1 aromatic heterocycles. The Morgan fingerprint density at radius 1 is 1.11 bits per heavy atom. The summed E-state index contributed by atoms with van der Waals surface area (Å²) in [4.78, 5) is 28.0. The maximum atomic E-state index is 12.8. The molecule has 0 fully saturated rings. The van der Waals surface area contributed by atoms with Gasteiger partial charge >= 0.3 is 5.97 Å². The molecular weight excluding hydrogens is 474 g/mol. The average molecular weight is 516 g/mol. The van der Waals surface area contributed by atoms with Crippen LogP contribution in [0.4, 0.5) is 0 Å². The fourth-order valence-corrected chi connectivity index (χ4v) is 4.32. The first-order valence-corrected chi connectivity index (χ1v) is 13.3. The molecule has 0 saturated heterocycles. The van der Waals surface area contributed by atoms with E-state index < -0.39 is 5.97 Å². The molecule has 0 atom stereocenters. The van der Waals surface area contributed by atoms with Gasteiger partial charge in [0.1, 0.15) is 11.3 Å². The first-order valence-electron chi connectivity index (χ1n) is 13.3. The SMILES string of the molecule is CC=N/C=C(CCC)\C(C(=O)O)=C(\C)CC.Cc1cc(C(C)C)c2oc(-c3ccccc3)c(C)c(=O)c2c1. The number of aryl methyl sites for hydroxylation is 1. The second-order valence-electron chi connectivity index (χ2n) is 9.76. The molecule has 0 unspecified atom stereocenters. The van der Waals surface area contributed by atoms with Crippen molar-refractivity contribution in [2.24, 2.45) is 4.99 Å². The van der Waals surface area contributed by atoms with E-state index >= 15 is 0 Å². The summed E-state index contributed by atoms with van der Waals surface area (Å²) in [6.07, 6.45) is 5.73. The van der Waals surface area contributed by atoms with E-state index in [1.165, 1.54) is 0 Å². The van der Waals surface area contributed by atoms with E-state index in [1.807, 2.05) is 77.9 Å². The van der Waals surface area contributed by atoms with Crippen LogP contribution in [0.15, 0.2) is 79.6 Å². The van der Waals surface area contributed by atoms with Crippen molar-refractivity contribution in [3.8, 4) is 11.3 Å². The zero-order valence-corrected chi connectivity index (χ0v) is 24.0. The molecular formula is C33H41NO4. The Morgan fingerprint density at radius 2 is 1.76 bits per heavy atom. The molecule has 0 radical (unpaired) electrons. The van der Waals surface area contributed by atoms with E-state index in [2.05, 4.69) is 24.9 Å². The third-order valence-electron chi connectivity index (χ3n) is 6.44. The molecule has 5 nitrogen and oxygen atoms in total. The normalized spacial score (nSPS) is 12.5. The second kappa shape index (κ2) is 14.3. The number of hydrogen-bond donors (Lipinski definition) is 1. The van der Waals surface area contributed by atoms with Gasteiger partial charge in [0.2, 0.25) is 0 Å². The van der Waals surface area contributed by atoms with Crippen LogP contribution in [0.25, 0.3) is 22.3 Å². The number of carboxylic acids is 1. The fraction of sp³-hybridized carbons (Fsp3) is 0.364. The Hall–Kier alpha value is -3.73. The van der Waals surface area contributed by atoms with Crippen molar-refractivity contribution in [1.82, 2.24) is 0 Å². The highest BCUT2D eigenvalue weighted by atomic mass is 16.4. The second-order valence-corrected chi connectivity index (χ2v) is 9.76. The Labute approximate surface area is 226 Å². The van der Waals surface area contributed by atoms with Crippen molar-refractivity contribution in [2.75, 3.05) is 0 Å². The molecule has 3 aromatic rings. The topological polar surface area (TPSA) is 79.9 Å². The predicted molar refractivity (Wildman–Crippen MR) is 159 cm³/mol. The standard InChI is InChI=1S/C20H20O2.C13H21NO2/c1-12(2)16-10-13(3)11-17-18(21)14(4)19(22-20(16)17)15-8-6-5-7-9-15;1-5-8-11(9-14-7-3)12(13(15)16)10(4)6-2/h5-12H,1-4H3;7,9H,5-6,8H2,1-4H3,(H,15,16)/b;11-9-,12-10+,14-7?. The molecule has 0 amide bonds. The van der Waals surface area contributed by atoms with Crippen molar-refractivity contribution < 1.29 is 14.3 Å². The van der Waals surface area contributed by atoms with Gasteiger partial charge < -0.3 is 9.52 Å². The molecule has 0 aliphatic rings. The van der Waals surface area contributed by atoms with Gasteiger partial charge in [-0.15, -0.1) is 0 Å². The maximum Gasteiger partial charge on any atom is 0.335 e. The van der Waals surface area contributed by atoms with Crippen molar-refractivity contribution in [3.63, 3.8) is 0 Å². The lowest BCUT2D eigenvalue weighted by Gasteiger charge is -2.13. The van der Waals surface area contributed by atoms with Crippen LogP contribution in [0.3, 0.4) is 0 Å². The molecule has 0 aliphatic heterocycles. The quantitative estimate of drug-likeness (QED) is 0.185. The minimum absolute atomic E-state index is 0.0608. The van der Waals surface area contributed by atoms with Crippen LogP contribution in [0, 0.1) is 13.8 Å². The van der Waals surface area contributed by atoms with Gasteiger partial charge in [-0.3, -0.25) is 9.79 Å².